The first-order valence-electron chi connectivity index (χ1n) is 7.87. The summed E-state index contributed by atoms with van der Waals surface area (Å²) in [6.07, 6.45) is -8.30. The lowest BCUT2D eigenvalue weighted by Gasteiger charge is -2.12. The van der Waals surface area contributed by atoms with Gasteiger partial charge in [0.15, 0.2) is 5.69 Å². The lowest BCUT2D eigenvalue weighted by molar-refractivity contribution is -0.138. The number of rotatable bonds is 2. The first kappa shape index (κ1) is 23.5. The molecule has 3 rings (SSSR count). The number of hydrogen-bond donors (Lipinski definition) is 0. The van der Waals surface area contributed by atoms with Gasteiger partial charge in [-0.25, -0.2) is 4.68 Å². The maximum Gasteiger partial charge on any atom is 0.416 e. The molecule has 13 heteroatoms. The quantitative estimate of drug-likeness (QED) is 0.322. The van der Waals surface area contributed by atoms with Crippen molar-refractivity contribution in [2.45, 2.75) is 12.4 Å². The molecule has 0 bridgehead atoms. The summed E-state index contributed by atoms with van der Waals surface area (Å²) in [6, 6.07) is 4.21. The van der Waals surface area contributed by atoms with Crippen molar-refractivity contribution in [3.63, 3.8) is 0 Å². The van der Waals surface area contributed by atoms with Gasteiger partial charge in [-0.1, -0.05) is 46.4 Å². The van der Waals surface area contributed by atoms with Gasteiger partial charge in [0, 0.05) is 17.3 Å². The number of aromatic nitrogens is 2. The van der Waals surface area contributed by atoms with Crippen LogP contribution in [0.2, 0.25) is 20.1 Å². The fraction of sp³-hybridized carbons (Fsp3) is 0.111. The number of nitriles is 1. The van der Waals surface area contributed by atoms with Crippen LogP contribution in [0.25, 0.3) is 16.8 Å². The lowest BCUT2D eigenvalue weighted by Crippen LogP contribution is -2.07. The third kappa shape index (κ3) is 4.58. The smallest absolute Gasteiger partial charge is 0.236 e. The molecule has 0 aliphatic carbocycles. The first-order valence-corrected chi connectivity index (χ1v) is 9.38. The van der Waals surface area contributed by atoms with Crippen molar-refractivity contribution in [1.29, 1.82) is 5.26 Å². The second kappa shape index (κ2) is 8.10. The molecule has 3 aromatic rings. The van der Waals surface area contributed by atoms with Gasteiger partial charge >= 0.3 is 12.4 Å². The van der Waals surface area contributed by atoms with Gasteiger partial charge in [0.1, 0.15) is 11.8 Å². The Balaban J connectivity index is 2.20. The van der Waals surface area contributed by atoms with E-state index >= 15 is 0 Å². The molecule has 162 valence electrons. The molecule has 0 radical (unpaired) electrons. The van der Waals surface area contributed by atoms with Crippen molar-refractivity contribution in [3.05, 3.63) is 67.4 Å². The molecule has 0 aliphatic heterocycles. The van der Waals surface area contributed by atoms with E-state index in [0.717, 1.165) is 10.9 Å². The predicted molar refractivity (Wildman–Crippen MR) is 104 cm³/mol. The van der Waals surface area contributed by atoms with Crippen molar-refractivity contribution in [2.75, 3.05) is 0 Å². The van der Waals surface area contributed by atoms with E-state index in [2.05, 4.69) is 5.10 Å². The standard InChI is InChI=1S/C18H5Cl4F6N3/c19-10-1-7(17(23,24)25)2-11(20)15(10)9-6-31(30-14(9)5-29)16-12(21)3-8(4-13(16)22)18(26,27)28/h1-4,6H. The summed E-state index contributed by atoms with van der Waals surface area (Å²) in [4.78, 5) is 0. The van der Waals surface area contributed by atoms with E-state index in [0.29, 0.717) is 24.3 Å². The Bertz CT molecular complexity index is 1180. The van der Waals surface area contributed by atoms with Gasteiger partial charge < -0.3 is 0 Å². The van der Waals surface area contributed by atoms with Gasteiger partial charge in [-0.05, 0) is 24.3 Å². The van der Waals surface area contributed by atoms with Crippen LogP contribution in [0, 0.1) is 11.3 Å². The van der Waals surface area contributed by atoms with Crippen molar-refractivity contribution >= 4 is 46.4 Å². The highest BCUT2D eigenvalue weighted by Gasteiger charge is 2.34. The summed E-state index contributed by atoms with van der Waals surface area (Å²) in [5, 5.41) is 11.6. The molecule has 0 amide bonds. The van der Waals surface area contributed by atoms with Crippen LogP contribution in [0.4, 0.5) is 26.3 Å². The van der Waals surface area contributed by atoms with Gasteiger partial charge in [-0.2, -0.15) is 36.7 Å². The number of benzene rings is 2. The Hall–Kier alpha value is -2.12. The van der Waals surface area contributed by atoms with Crippen LogP contribution in [0.5, 0.6) is 0 Å². The molecule has 3 nitrogen and oxygen atoms in total. The maximum atomic E-state index is 13.0. The lowest BCUT2D eigenvalue weighted by atomic mass is 10.0. The molecule has 2 aromatic carbocycles. The fourth-order valence-electron chi connectivity index (χ4n) is 2.70. The summed E-state index contributed by atoms with van der Waals surface area (Å²) in [6.45, 7) is 0. The molecule has 31 heavy (non-hydrogen) atoms. The van der Waals surface area contributed by atoms with Crippen LogP contribution in [0.3, 0.4) is 0 Å². The van der Waals surface area contributed by atoms with Gasteiger partial charge in [-0.3, -0.25) is 0 Å². The molecule has 1 aromatic heterocycles. The van der Waals surface area contributed by atoms with Gasteiger partial charge in [0.2, 0.25) is 0 Å². The summed E-state index contributed by atoms with van der Waals surface area (Å²) in [5.74, 6) is 0. The third-order valence-electron chi connectivity index (χ3n) is 4.03. The predicted octanol–water partition coefficient (Wildman–Crippen LogP) is 8.06. The minimum atomic E-state index is -4.71. The Morgan fingerprint density at radius 2 is 1.19 bits per heavy atom. The van der Waals surface area contributed by atoms with Crippen LogP contribution < -0.4 is 0 Å². The normalized spacial score (nSPS) is 12.2. The van der Waals surface area contributed by atoms with Gasteiger partial charge in [0.05, 0.1) is 31.2 Å². The van der Waals surface area contributed by atoms with Gasteiger partial charge in [0.25, 0.3) is 0 Å². The average molecular weight is 519 g/mol. The SMILES string of the molecule is N#Cc1nn(-c2c(Cl)cc(C(F)(F)F)cc2Cl)cc1-c1c(Cl)cc(C(F)(F)F)cc1Cl. The Labute approximate surface area is 190 Å². The summed E-state index contributed by atoms with van der Waals surface area (Å²) in [7, 11) is 0. The van der Waals surface area contributed by atoms with Crippen LogP contribution in [0.1, 0.15) is 16.8 Å². The van der Waals surface area contributed by atoms with E-state index in [1.54, 1.807) is 6.07 Å². The molecule has 0 fully saturated rings. The third-order valence-corrected chi connectivity index (χ3v) is 5.20. The second-order valence-electron chi connectivity index (χ2n) is 6.05. The van der Waals surface area contributed by atoms with Crippen molar-refractivity contribution < 1.29 is 26.3 Å². The second-order valence-corrected chi connectivity index (χ2v) is 7.68. The average Bonchev–Trinajstić information content (AvgIpc) is 3.02. The molecule has 0 saturated carbocycles. The highest BCUT2D eigenvalue weighted by molar-refractivity contribution is 6.39. The fourth-order valence-corrected chi connectivity index (χ4v) is 4.05. The monoisotopic (exact) mass is 517 g/mol. The number of hydrogen-bond acceptors (Lipinski definition) is 2. The zero-order valence-electron chi connectivity index (χ0n) is 14.5. The molecular formula is C18H5Cl4F6N3. The zero-order chi connectivity index (χ0) is 23.3. The molecule has 0 N–H and O–H groups in total. The zero-order valence-corrected chi connectivity index (χ0v) is 17.5. The summed E-state index contributed by atoms with van der Waals surface area (Å²) >= 11 is 23.9. The molecule has 1 heterocycles. The van der Waals surface area contributed by atoms with E-state index in [1.807, 2.05) is 0 Å². The molecule has 0 atom stereocenters. The minimum absolute atomic E-state index is 0.0711. The highest BCUT2D eigenvalue weighted by Crippen LogP contribution is 2.43. The van der Waals surface area contributed by atoms with Crippen LogP contribution in [-0.4, -0.2) is 9.78 Å². The highest BCUT2D eigenvalue weighted by atomic mass is 35.5. The first-order chi connectivity index (χ1) is 14.2. The Morgan fingerprint density at radius 3 is 1.58 bits per heavy atom. The number of halogens is 10. The van der Waals surface area contributed by atoms with Crippen molar-refractivity contribution in [2.24, 2.45) is 0 Å². The van der Waals surface area contributed by atoms with Crippen LogP contribution in [-0.2, 0) is 12.4 Å². The summed E-state index contributed by atoms with van der Waals surface area (Å²) < 4.78 is 78.6. The van der Waals surface area contributed by atoms with Crippen LogP contribution >= 0.6 is 46.4 Å². The minimum Gasteiger partial charge on any atom is -0.236 e. The van der Waals surface area contributed by atoms with Crippen molar-refractivity contribution in [3.8, 4) is 22.9 Å². The van der Waals surface area contributed by atoms with E-state index in [1.165, 1.54) is 0 Å². The van der Waals surface area contributed by atoms with E-state index in [9.17, 15) is 31.6 Å². The number of alkyl halides is 6. The van der Waals surface area contributed by atoms with E-state index in [4.69, 9.17) is 46.4 Å². The topological polar surface area (TPSA) is 41.6 Å². The number of nitrogens with zero attached hydrogens (tertiary/aromatic N) is 3. The largest absolute Gasteiger partial charge is 0.416 e. The Morgan fingerprint density at radius 1 is 0.774 bits per heavy atom. The van der Waals surface area contributed by atoms with Crippen molar-refractivity contribution in [1.82, 2.24) is 9.78 Å². The van der Waals surface area contributed by atoms with E-state index in [-0.39, 0.29) is 22.5 Å². The molecule has 0 spiro atoms. The van der Waals surface area contributed by atoms with Crippen LogP contribution in [0.15, 0.2) is 30.5 Å². The Kier molecular flexibility index (Phi) is 6.15. The molecule has 0 saturated heterocycles. The molecular weight excluding hydrogens is 514 g/mol. The van der Waals surface area contributed by atoms with Gasteiger partial charge in [-0.15, -0.1) is 0 Å². The maximum absolute atomic E-state index is 13.0. The molecule has 0 aliphatic rings. The molecule has 0 unspecified atom stereocenters. The summed E-state index contributed by atoms with van der Waals surface area (Å²) in [5.41, 5.74) is -2.91. The van der Waals surface area contributed by atoms with E-state index < -0.39 is 43.6 Å².